The van der Waals surface area contributed by atoms with E-state index in [1.807, 2.05) is 0 Å². The van der Waals surface area contributed by atoms with E-state index in [2.05, 4.69) is 20.6 Å². The average Bonchev–Trinajstić information content (AvgIpc) is 3.03. The van der Waals surface area contributed by atoms with Gasteiger partial charge in [-0.1, -0.05) is 22.9 Å². The highest BCUT2D eigenvalue weighted by molar-refractivity contribution is 7.15. The fourth-order valence-corrected chi connectivity index (χ4v) is 2.96. The zero-order chi connectivity index (χ0) is 16.6. The number of halogens is 2. The summed E-state index contributed by atoms with van der Waals surface area (Å²) in [5, 5.41) is 15.8. The van der Waals surface area contributed by atoms with Gasteiger partial charge in [0.25, 0.3) is 5.91 Å². The van der Waals surface area contributed by atoms with Crippen LogP contribution in [0.2, 0.25) is 5.15 Å². The van der Waals surface area contributed by atoms with Gasteiger partial charge in [0, 0.05) is 0 Å². The second kappa shape index (κ2) is 6.05. The fraction of sp³-hybridized carbons (Fsp3) is 0.143. The summed E-state index contributed by atoms with van der Waals surface area (Å²) < 4.78 is 14.4. The second-order valence-electron chi connectivity index (χ2n) is 4.72. The van der Waals surface area contributed by atoms with Crippen molar-refractivity contribution in [1.82, 2.24) is 20.0 Å². The number of nitrogens with one attached hydrogen (secondary N) is 1. The van der Waals surface area contributed by atoms with Gasteiger partial charge in [-0.25, -0.2) is 9.07 Å². The minimum absolute atomic E-state index is 0.146. The van der Waals surface area contributed by atoms with E-state index < -0.39 is 5.91 Å². The van der Waals surface area contributed by atoms with E-state index >= 15 is 0 Å². The molecule has 9 heteroatoms. The van der Waals surface area contributed by atoms with Crippen molar-refractivity contribution < 1.29 is 9.18 Å². The highest BCUT2D eigenvalue weighted by atomic mass is 35.5. The van der Waals surface area contributed by atoms with Crippen molar-refractivity contribution in [2.75, 3.05) is 5.32 Å². The molecule has 0 atom stereocenters. The Labute approximate surface area is 139 Å². The molecule has 0 aliphatic carbocycles. The van der Waals surface area contributed by atoms with E-state index in [4.69, 9.17) is 11.6 Å². The maximum Gasteiger partial charge on any atom is 0.262 e. The second-order valence-corrected chi connectivity index (χ2v) is 6.26. The van der Waals surface area contributed by atoms with Crippen LogP contribution in [0.3, 0.4) is 0 Å². The molecule has 2 heterocycles. The molecule has 6 nitrogen and oxygen atoms in total. The normalized spacial score (nSPS) is 10.8. The zero-order valence-corrected chi connectivity index (χ0v) is 13.7. The van der Waals surface area contributed by atoms with Crippen molar-refractivity contribution in [2.24, 2.45) is 0 Å². The molecule has 3 aromatic rings. The number of benzene rings is 1. The summed E-state index contributed by atoms with van der Waals surface area (Å²) in [7, 11) is 0. The van der Waals surface area contributed by atoms with Crippen LogP contribution in [0.15, 0.2) is 24.3 Å². The van der Waals surface area contributed by atoms with Gasteiger partial charge < -0.3 is 0 Å². The molecule has 1 N–H and O–H groups in total. The lowest BCUT2D eigenvalue weighted by atomic mass is 10.2. The smallest absolute Gasteiger partial charge is 0.262 e. The highest BCUT2D eigenvalue weighted by Crippen LogP contribution is 2.25. The predicted molar refractivity (Wildman–Crippen MR) is 85.9 cm³/mol. The number of hydrogen-bond acceptors (Lipinski definition) is 5. The van der Waals surface area contributed by atoms with Crippen LogP contribution >= 0.6 is 22.9 Å². The molecule has 3 rings (SSSR count). The number of carbonyl (C=O) groups excluding carboxylic acids is 1. The quantitative estimate of drug-likeness (QED) is 0.785. The minimum Gasteiger partial charge on any atom is -0.296 e. The Bertz CT molecular complexity index is 874. The van der Waals surface area contributed by atoms with Crippen LogP contribution < -0.4 is 5.32 Å². The molecule has 0 unspecified atom stereocenters. The van der Waals surface area contributed by atoms with Gasteiger partial charge in [0.15, 0.2) is 0 Å². The van der Waals surface area contributed by atoms with Gasteiger partial charge in [0.1, 0.15) is 21.5 Å². The predicted octanol–water partition coefficient (Wildman–Crippen LogP) is 3.39. The third kappa shape index (κ3) is 3.08. The van der Waals surface area contributed by atoms with E-state index in [1.54, 1.807) is 13.8 Å². The number of aryl methyl sites for hydroxylation is 2. The third-order valence-electron chi connectivity index (χ3n) is 3.05. The van der Waals surface area contributed by atoms with Crippen LogP contribution in [0.1, 0.15) is 21.1 Å². The molecular formula is C14H11ClFN5OS. The number of aromatic nitrogens is 4. The van der Waals surface area contributed by atoms with E-state index in [0.717, 1.165) is 5.01 Å². The maximum absolute atomic E-state index is 13.0. The molecule has 0 spiro atoms. The summed E-state index contributed by atoms with van der Waals surface area (Å²) in [6.45, 7) is 3.46. The van der Waals surface area contributed by atoms with Gasteiger partial charge in [-0.15, -0.1) is 10.2 Å². The van der Waals surface area contributed by atoms with E-state index in [0.29, 0.717) is 16.5 Å². The molecule has 0 saturated carbocycles. The molecule has 1 amide bonds. The SMILES string of the molecule is Cc1nnc(NC(=O)c2c(C)nn(-c3ccc(F)cc3)c2Cl)s1. The molecule has 0 aliphatic rings. The van der Waals surface area contributed by atoms with Crippen LogP contribution in [0.25, 0.3) is 5.69 Å². The molecule has 2 aromatic heterocycles. The van der Waals surface area contributed by atoms with Gasteiger partial charge >= 0.3 is 0 Å². The van der Waals surface area contributed by atoms with Crippen molar-refractivity contribution in [1.29, 1.82) is 0 Å². The van der Waals surface area contributed by atoms with Crippen LogP contribution in [-0.2, 0) is 0 Å². The van der Waals surface area contributed by atoms with Crippen LogP contribution in [0, 0.1) is 19.7 Å². The van der Waals surface area contributed by atoms with Crippen molar-refractivity contribution in [2.45, 2.75) is 13.8 Å². The van der Waals surface area contributed by atoms with Crippen molar-refractivity contribution in [3.63, 3.8) is 0 Å². The lowest BCUT2D eigenvalue weighted by molar-refractivity contribution is 0.102. The first kappa shape index (κ1) is 15.6. The van der Waals surface area contributed by atoms with Crippen LogP contribution in [0.5, 0.6) is 0 Å². The Morgan fingerprint density at radius 2 is 1.96 bits per heavy atom. The van der Waals surface area contributed by atoms with E-state index in [9.17, 15) is 9.18 Å². The number of rotatable bonds is 3. The van der Waals surface area contributed by atoms with Gasteiger partial charge in [0.2, 0.25) is 5.13 Å². The van der Waals surface area contributed by atoms with Gasteiger partial charge in [-0.2, -0.15) is 5.10 Å². The summed E-state index contributed by atoms with van der Waals surface area (Å²) >= 11 is 7.54. The first-order chi connectivity index (χ1) is 11.0. The first-order valence-electron chi connectivity index (χ1n) is 6.58. The lowest BCUT2D eigenvalue weighted by Crippen LogP contribution is -2.13. The van der Waals surface area contributed by atoms with Gasteiger partial charge in [0.05, 0.1) is 11.4 Å². The summed E-state index contributed by atoms with van der Waals surface area (Å²) in [6.07, 6.45) is 0. The van der Waals surface area contributed by atoms with Crippen LogP contribution in [-0.4, -0.2) is 25.9 Å². The van der Waals surface area contributed by atoms with E-state index in [1.165, 1.54) is 40.3 Å². The molecule has 0 bridgehead atoms. The summed E-state index contributed by atoms with van der Waals surface area (Å²) in [5.41, 5.74) is 1.26. The molecule has 118 valence electrons. The Kier molecular flexibility index (Phi) is 4.10. The van der Waals surface area contributed by atoms with E-state index in [-0.39, 0.29) is 16.5 Å². The molecule has 0 aliphatic heterocycles. The monoisotopic (exact) mass is 351 g/mol. The molecule has 0 radical (unpaired) electrons. The average molecular weight is 352 g/mol. The fourth-order valence-electron chi connectivity index (χ4n) is 2.02. The number of hydrogen-bond donors (Lipinski definition) is 1. The maximum atomic E-state index is 13.0. The largest absolute Gasteiger partial charge is 0.296 e. The van der Waals surface area contributed by atoms with Gasteiger partial charge in [-0.3, -0.25) is 10.1 Å². The standard InChI is InChI=1S/C14H11ClFN5OS/c1-7-11(13(22)17-14-19-18-8(2)23-14)12(15)21(20-7)10-5-3-9(16)4-6-10/h3-6H,1-2H3,(H,17,19,22). The topological polar surface area (TPSA) is 72.7 Å². The first-order valence-corrected chi connectivity index (χ1v) is 7.77. The number of amides is 1. The number of carbonyl (C=O) groups is 1. The molecule has 0 fully saturated rings. The Morgan fingerprint density at radius 3 is 2.57 bits per heavy atom. The third-order valence-corrected chi connectivity index (χ3v) is 4.15. The zero-order valence-electron chi connectivity index (χ0n) is 12.2. The van der Waals surface area contributed by atoms with Gasteiger partial charge in [-0.05, 0) is 38.1 Å². The summed E-state index contributed by atoms with van der Waals surface area (Å²) in [5.74, 6) is -0.782. The Balaban J connectivity index is 1.94. The molecule has 0 saturated heterocycles. The summed E-state index contributed by atoms with van der Waals surface area (Å²) in [6, 6.07) is 5.66. The van der Waals surface area contributed by atoms with Crippen molar-refractivity contribution >= 4 is 34.0 Å². The molecular weight excluding hydrogens is 341 g/mol. The van der Waals surface area contributed by atoms with Crippen molar-refractivity contribution in [3.8, 4) is 5.69 Å². The molecule has 23 heavy (non-hydrogen) atoms. The minimum atomic E-state index is -0.419. The highest BCUT2D eigenvalue weighted by Gasteiger charge is 2.22. The Morgan fingerprint density at radius 1 is 1.26 bits per heavy atom. The lowest BCUT2D eigenvalue weighted by Gasteiger charge is -2.03. The Hall–Kier alpha value is -2.32. The van der Waals surface area contributed by atoms with Crippen molar-refractivity contribution in [3.05, 3.63) is 51.5 Å². The number of nitrogens with zero attached hydrogens (tertiary/aromatic N) is 4. The van der Waals surface area contributed by atoms with Crippen LogP contribution in [0.4, 0.5) is 9.52 Å². The summed E-state index contributed by atoms with van der Waals surface area (Å²) in [4.78, 5) is 12.4. The number of anilines is 1. The molecule has 1 aromatic carbocycles.